The Hall–Kier alpha value is -1.45. The molecule has 9 heteroatoms. The second-order valence-corrected chi connectivity index (χ2v) is 19.2. The first-order chi connectivity index (χ1) is 30.3. The number of allylic oxidation sites excluding steroid dienone is 4. The van der Waals surface area contributed by atoms with E-state index in [0.717, 1.165) is 44.6 Å². The normalized spacial score (nSPS) is 11.7. The van der Waals surface area contributed by atoms with Crippen molar-refractivity contribution in [3.8, 4) is 0 Å². The van der Waals surface area contributed by atoms with Crippen LogP contribution in [0.2, 0.25) is 0 Å². The Morgan fingerprint density at radius 2 is 0.730 bits per heavy atom. The van der Waals surface area contributed by atoms with Gasteiger partial charge in [-0.2, -0.15) is 0 Å². The van der Waals surface area contributed by atoms with E-state index in [1.54, 1.807) is 0 Å². The van der Waals surface area contributed by atoms with Crippen molar-refractivity contribution in [2.75, 3.05) is 13.2 Å². The van der Waals surface area contributed by atoms with Gasteiger partial charge in [-0.3, -0.25) is 0 Å². The van der Waals surface area contributed by atoms with Gasteiger partial charge in [0.2, 0.25) is 0 Å². The Morgan fingerprint density at radius 3 is 1.05 bits per heavy atom. The number of unbranched alkanes of at least 4 members (excludes halogenated alkanes) is 34. The largest absolute Gasteiger partial charge is 1.00 e. The van der Waals surface area contributed by atoms with E-state index in [0.29, 0.717) is 12.8 Å². The second kappa shape index (κ2) is 45.7. The molecule has 0 N–H and O–H groups in total. The van der Waals surface area contributed by atoms with E-state index >= 15 is 0 Å². The number of hydrogen-bond acceptors (Lipinski definition) is 7. The molecule has 0 heterocycles. The minimum absolute atomic E-state index is 0. The smallest absolute Gasteiger partial charge is 0.744 e. The molecule has 0 fully saturated rings. The molecular weight excluding hydrogens is 816 g/mol. The van der Waals surface area contributed by atoms with Crippen LogP contribution < -0.4 is 29.6 Å². The van der Waals surface area contributed by atoms with E-state index in [4.69, 9.17) is 9.47 Å². The fraction of sp³-hybridized carbons (Fsp3) is 0.778. The number of esters is 2. The fourth-order valence-electron chi connectivity index (χ4n) is 8.07. The molecule has 0 amide bonds. The van der Waals surface area contributed by atoms with Crippen molar-refractivity contribution >= 4 is 22.1 Å². The zero-order valence-electron chi connectivity index (χ0n) is 41.1. The van der Waals surface area contributed by atoms with Crippen molar-refractivity contribution < 1.29 is 61.6 Å². The van der Waals surface area contributed by atoms with Crippen LogP contribution in [0.25, 0.3) is 0 Å². The average molecular weight is 909 g/mol. The zero-order valence-corrected chi connectivity index (χ0v) is 43.9. The molecule has 0 aliphatic rings. The van der Waals surface area contributed by atoms with Gasteiger partial charge in [0.25, 0.3) is 0 Å². The van der Waals surface area contributed by atoms with Crippen molar-refractivity contribution in [3.05, 3.63) is 53.6 Å². The molecule has 358 valence electrons. The molecule has 0 unspecified atom stereocenters. The summed E-state index contributed by atoms with van der Waals surface area (Å²) in [4.78, 5) is 25.3. The Bertz CT molecular complexity index is 1380. The Labute approximate surface area is 410 Å². The second-order valence-electron chi connectivity index (χ2n) is 17.8. The predicted octanol–water partition coefficient (Wildman–Crippen LogP) is 13.9. The quantitative estimate of drug-likeness (QED) is 0.0211. The van der Waals surface area contributed by atoms with Crippen LogP contribution in [0, 0.1) is 0 Å². The number of hydrogen-bond donors (Lipinski definition) is 0. The molecule has 0 bridgehead atoms. The predicted molar refractivity (Wildman–Crippen MR) is 260 cm³/mol. The summed E-state index contributed by atoms with van der Waals surface area (Å²) in [5.41, 5.74) is -0.773. The van der Waals surface area contributed by atoms with E-state index in [9.17, 15) is 22.6 Å². The van der Waals surface area contributed by atoms with Gasteiger partial charge in [0.15, 0.2) is 0 Å². The minimum Gasteiger partial charge on any atom is -0.744 e. The van der Waals surface area contributed by atoms with Gasteiger partial charge in [-0.25, -0.2) is 18.0 Å². The van der Waals surface area contributed by atoms with E-state index in [1.165, 1.54) is 205 Å². The van der Waals surface area contributed by atoms with Gasteiger partial charge >= 0.3 is 41.5 Å². The molecule has 0 atom stereocenters. The summed E-state index contributed by atoms with van der Waals surface area (Å²) in [5, 5.41) is 0. The average Bonchev–Trinajstić information content (AvgIpc) is 3.26. The Kier molecular flexibility index (Phi) is 44.6. The van der Waals surface area contributed by atoms with Gasteiger partial charge in [0, 0.05) is 0 Å². The molecule has 1 rings (SSSR count). The summed E-state index contributed by atoms with van der Waals surface area (Å²) in [6, 6.07) is 3.65. The van der Waals surface area contributed by atoms with E-state index < -0.39 is 32.5 Å². The standard InChI is InChI=1S/C54H94O7S.Na/c1-3-5-7-9-11-13-15-17-19-21-23-25-27-29-31-33-35-37-39-41-43-48-60-53(55)50-46-45-47-51(62(57,58)59)52(50)54(56)61-49-44-42-40-38-36-34-32-30-28-26-24-22-20-18-16-14-12-10-8-6-4-2;/h17-20,45-47H,3-16,21-44,48-49H2,1-2H3,(H,57,58,59);/q;+1/p-1/b19-17+,20-18+;. The van der Waals surface area contributed by atoms with Crippen LogP contribution in [0.4, 0.5) is 0 Å². The SMILES string of the molecule is CCCCCCCC/C=C/CCCCCCCCCCCCCOC(=O)c1cccc(S(=O)(=O)[O-])c1C(=O)OCCCCCCCCCCCCC/C=C/CCCCCCCC.[Na+]. The summed E-state index contributed by atoms with van der Waals surface area (Å²) in [7, 11) is -5.02. The third-order valence-electron chi connectivity index (χ3n) is 12.0. The zero-order chi connectivity index (χ0) is 45.0. The van der Waals surface area contributed by atoms with Crippen LogP contribution in [0.3, 0.4) is 0 Å². The number of carbonyl (C=O) groups excluding carboxylic acids is 2. The van der Waals surface area contributed by atoms with Gasteiger partial charge in [-0.1, -0.05) is 224 Å². The summed E-state index contributed by atoms with van der Waals surface area (Å²) < 4.78 is 47.0. The van der Waals surface area contributed by atoms with Gasteiger partial charge in [-0.15, -0.1) is 0 Å². The first-order valence-corrected chi connectivity index (χ1v) is 27.5. The minimum atomic E-state index is -5.02. The van der Waals surface area contributed by atoms with E-state index in [1.807, 2.05) is 0 Å². The maximum absolute atomic E-state index is 13.1. The van der Waals surface area contributed by atoms with Crippen molar-refractivity contribution in [2.24, 2.45) is 0 Å². The van der Waals surface area contributed by atoms with Crippen LogP contribution in [0.15, 0.2) is 47.4 Å². The Balaban J connectivity index is 0.0000384. The first-order valence-electron chi connectivity index (χ1n) is 26.1. The summed E-state index contributed by atoms with van der Waals surface area (Å²) in [6.45, 7) is 4.78. The van der Waals surface area contributed by atoms with Gasteiger partial charge in [0.1, 0.15) is 10.1 Å². The fourth-order valence-corrected chi connectivity index (χ4v) is 8.76. The number of carbonyl (C=O) groups is 2. The summed E-state index contributed by atoms with van der Waals surface area (Å²) in [5.74, 6) is -1.81. The molecule has 0 saturated carbocycles. The first kappa shape index (κ1) is 61.5. The van der Waals surface area contributed by atoms with Crippen LogP contribution in [0.5, 0.6) is 0 Å². The molecule has 0 aliphatic carbocycles. The Morgan fingerprint density at radius 1 is 0.444 bits per heavy atom. The third-order valence-corrected chi connectivity index (χ3v) is 12.9. The molecule has 0 aliphatic heterocycles. The van der Waals surface area contributed by atoms with E-state index in [-0.39, 0.29) is 48.3 Å². The maximum atomic E-state index is 13.1. The maximum Gasteiger partial charge on any atom is 1.00 e. The molecule has 0 spiro atoms. The van der Waals surface area contributed by atoms with Crippen molar-refractivity contribution in [3.63, 3.8) is 0 Å². The third kappa shape index (κ3) is 37.3. The van der Waals surface area contributed by atoms with Gasteiger partial charge < -0.3 is 14.0 Å². The number of ether oxygens (including phenoxy) is 2. The molecule has 7 nitrogen and oxygen atoms in total. The molecule has 1 aromatic rings. The van der Waals surface area contributed by atoms with Crippen molar-refractivity contribution in [1.82, 2.24) is 0 Å². The van der Waals surface area contributed by atoms with Crippen LogP contribution in [-0.4, -0.2) is 38.1 Å². The number of rotatable bonds is 45. The van der Waals surface area contributed by atoms with Crippen LogP contribution in [-0.2, 0) is 19.6 Å². The molecule has 0 saturated heterocycles. The summed E-state index contributed by atoms with van der Waals surface area (Å²) >= 11 is 0. The van der Waals surface area contributed by atoms with Crippen molar-refractivity contribution in [2.45, 2.75) is 263 Å². The van der Waals surface area contributed by atoms with Gasteiger partial charge in [-0.05, 0) is 76.3 Å². The monoisotopic (exact) mass is 909 g/mol. The van der Waals surface area contributed by atoms with Crippen LogP contribution >= 0.6 is 0 Å². The molecule has 0 radical (unpaired) electrons. The van der Waals surface area contributed by atoms with Crippen LogP contribution in [0.1, 0.15) is 279 Å². The molecule has 0 aromatic heterocycles. The summed E-state index contributed by atoms with van der Waals surface area (Å²) in [6.07, 6.45) is 56.1. The molecule has 63 heavy (non-hydrogen) atoms. The van der Waals surface area contributed by atoms with Crippen molar-refractivity contribution in [1.29, 1.82) is 0 Å². The number of benzene rings is 1. The molecular formula is C54H93NaO7S. The topological polar surface area (TPSA) is 110 Å². The van der Waals surface area contributed by atoms with Gasteiger partial charge in [0.05, 0.1) is 29.2 Å². The van der Waals surface area contributed by atoms with E-state index in [2.05, 4.69) is 38.2 Å². The molecule has 1 aromatic carbocycles.